The molecular weight excluding hydrogens is 696 g/mol. The minimum Gasteiger partial charge on any atom is -0.497 e. The molecule has 4 rings (SSSR count). The molecule has 0 saturated carbocycles. The maximum absolute atomic E-state index is 14.3. The first-order valence-corrected chi connectivity index (χ1v) is 14.7. The number of carbonyl (C=O) groups excluding carboxylic acids is 1. The van der Waals surface area contributed by atoms with Crippen molar-refractivity contribution in [2.24, 2.45) is 5.73 Å². The molecule has 0 aliphatic heterocycles. The van der Waals surface area contributed by atoms with Crippen LogP contribution in [-0.4, -0.2) is 35.9 Å². The fourth-order valence-electron chi connectivity index (χ4n) is 4.12. The van der Waals surface area contributed by atoms with Gasteiger partial charge in [-0.25, -0.2) is 13.6 Å². The highest BCUT2D eigenvalue weighted by atomic mass is 19.4. The molecule has 5 N–H and O–H groups in total. The number of alkyl carbamates (subject to hydrolysis) is 1. The average molecular weight is 731 g/mol. The van der Waals surface area contributed by atoms with Crippen LogP contribution in [0, 0.1) is 11.6 Å². The van der Waals surface area contributed by atoms with Crippen LogP contribution in [-0.2, 0) is 30.2 Å². The number of hydrogen-bond acceptors (Lipinski definition) is 9. The zero-order valence-electron chi connectivity index (χ0n) is 27.8. The van der Waals surface area contributed by atoms with Crippen LogP contribution in [0.1, 0.15) is 43.3 Å². The number of pyridine rings is 2. The van der Waals surface area contributed by atoms with Crippen LogP contribution in [0.15, 0.2) is 60.9 Å². The third-order valence-electron chi connectivity index (χ3n) is 6.45. The van der Waals surface area contributed by atoms with Gasteiger partial charge >= 0.3 is 18.4 Å². The number of nitrogens with one attached hydrogen (secondary N) is 3. The predicted molar refractivity (Wildman–Crippen MR) is 172 cm³/mol. The third kappa shape index (κ3) is 11.9. The monoisotopic (exact) mass is 730 g/mol. The number of amides is 1. The van der Waals surface area contributed by atoms with Crippen LogP contribution in [0.3, 0.4) is 0 Å². The number of methoxy groups -OCH3 is 2. The molecule has 4 aromatic rings. The van der Waals surface area contributed by atoms with E-state index < -0.39 is 46.8 Å². The number of hydrogen-bond donors (Lipinski definition) is 4. The van der Waals surface area contributed by atoms with Gasteiger partial charge in [0.2, 0.25) is 0 Å². The van der Waals surface area contributed by atoms with Crippen LogP contribution < -0.4 is 31.2 Å². The number of rotatable bonds is 9. The third-order valence-corrected chi connectivity index (χ3v) is 6.45. The number of ether oxygens (including phenoxy) is 3. The largest absolute Gasteiger partial charge is 0.497 e. The summed E-state index contributed by atoms with van der Waals surface area (Å²) >= 11 is 0. The molecule has 51 heavy (non-hydrogen) atoms. The van der Waals surface area contributed by atoms with Crippen LogP contribution >= 0.6 is 0 Å². The van der Waals surface area contributed by atoms with Crippen molar-refractivity contribution in [2.45, 2.75) is 51.8 Å². The van der Waals surface area contributed by atoms with E-state index in [0.717, 1.165) is 24.3 Å². The van der Waals surface area contributed by atoms with Gasteiger partial charge in [-0.15, -0.1) is 0 Å². The van der Waals surface area contributed by atoms with Crippen LogP contribution in [0.2, 0.25) is 0 Å². The number of carbonyl (C=O) groups is 1. The molecule has 18 heteroatoms. The highest BCUT2D eigenvalue weighted by molar-refractivity contribution is 5.68. The second-order valence-electron chi connectivity index (χ2n) is 11.4. The van der Waals surface area contributed by atoms with Gasteiger partial charge in [0.15, 0.2) is 0 Å². The number of anilines is 4. The second-order valence-corrected chi connectivity index (χ2v) is 11.4. The highest BCUT2D eigenvalue weighted by Crippen LogP contribution is 2.39. The van der Waals surface area contributed by atoms with E-state index in [1.54, 1.807) is 20.8 Å². The van der Waals surface area contributed by atoms with Crippen LogP contribution in [0.4, 0.5) is 62.7 Å². The van der Waals surface area contributed by atoms with E-state index in [-0.39, 0.29) is 58.7 Å². The van der Waals surface area contributed by atoms with Gasteiger partial charge < -0.3 is 35.9 Å². The molecule has 2 heterocycles. The Labute approximate surface area is 287 Å². The van der Waals surface area contributed by atoms with Crippen molar-refractivity contribution in [3.63, 3.8) is 0 Å². The van der Waals surface area contributed by atoms with Gasteiger partial charge in [-0.3, -0.25) is 9.97 Å². The van der Waals surface area contributed by atoms with E-state index in [1.165, 1.54) is 50.9 Å². The molecule has 0 fully saturated rings. The van der Waals surface area contributed by atoms with Crippen molar-refractivity contribution in [1.82, 2.24) is 15.3 Å². The smallest absolute Gasteiger partial charge is 0.418 e. The fraction of sp³-hybridized carbons (Fsp3) is 0.303. The minimum atomic E-state index is -4.64. The van der Waals surface area contributed by atoms with E-state index >= 15 is 0 Å². The quantitative estimate of drug-likeness (QED) is 0.125. The lowest BCUT2D eigenvalue weighted by Crippen LogP contribution is -2.32. The van der Waals surface area contributed by atoms with Crippen LogP contribution in [0.25, 0.3) is 0 Å². The van der Waals surface area contributed by atoms with Gasteiger partial charge in [0.1, 0.15) is 28.7 Å². The maximum atomic E-state index is 14.3. The van der Waals surface area contributed by atoms with Crippen molar-refractivity contribution in [1.29, 1.82) is 0 Å². The molecule has 2 aromatic heterocycles. The first kappa shape index (κ1) is 40.0. The van der Waals surface area contributed by atoms with Gasteiger partial charge in [0, 0.05) is 18.7 Å². The lowest BCUT2D eigenvalue weighted by Gasteiger charge is -2.19. The maximum Gasteiger partial charge on any atom is 0.418 e. The Morgan fingerprint density at radius 1 is 0.725 bits per heavy atom. The topological polar surface area (TPSA) is 133 Å². The van der Waals surface area contributed by atoms with Crippen molar-refractivity contribution in [3.8, 4) is 11.5 Å². The Balaban J connectivity index is 0.000000286. The molecule has 0 aliphatic carbocycles. The SMILES string of the molecule is COc1ccc(Nc2cnc(CN)c(F)c2)c(C(F)(F)F)c1.COc1ccc(Nc2cnc(CNC(=O)OC(C)(C)C)c(F)c2)c(C(F)(F)F)c1. The fourth-order valence-corrected chi connectivity index (χ4v) is 4.12. The van der Waals surface area contributed by atoms with Gasteiger partial charge in [-0.2, -0.15) is 26.3 Å². The summed E-state index contributed by atoms with van der Waals surface area (Å²) in [6, 6.07) is 8.83. The number of nitrogens with two attached hydrogens (primary N) is 1. The summed E-state index contributed by atoms with van der Waals surface area (Å²) in [5.41, 5.74) is 2.23. The van der Waals surface area contributed by atoms with E-state index in [0.29, 0.717) is 0 Å². The molecular formula is C33H34F8N6O4. The molecule has 0 aliphatic rings. The Bertz CT molecular complexity index is 1810. The Kier molecular flexibility index (Phi) is 13.0. The number of nitrogens with zero attached hydrogens (tertiary/aromatic N) is 2. The summed E-state index contributed by atoms with van der Waals surface area (Å²) in [6.07, 6.45) is -7.58. The minimum absolute atomic E-state index is 0.0131. The van der Waals surface area contributed by atoms with E-state index in [1.807, 2.05) is 0 Å². The summed E-state index contributed by atoms with van der Waals surface area (Å²) in [7, 11) is 2.53. The predicted octanol–water partition coefficient (Wildman–Crippen LogP) is 8.47. The number of alkyl halides is 6. The second kappa shape index (κ2) is 16.5. The van der Waals surface area contributed by atoms with Crippen molar-refractivity contribution < 1.29 is 54.1 Å². The van der Waals surface area contributed by atoms with Crippen molar-refractivity contribution in [2.75, 3.05) is 24.9 Å². The summed E-state index contributed by atoms with van der Waals surface area (Å²) in [4.78, 5) is 19.2. The van der Waals surface area contributed by atoms with Crippen LogP contribution in [0.5, 0.6) is 11.5 Å². The molecule has 0 atom stereocenters. The highest BCUT2D eigenvalue weighted by Gasteiger charge is 2.35. The van der Waals surface area contributed by atoms with Gasteiger partial charge in [-0.05, 0) is 57.2 Å². The summed E-state index contributed by atoms with van der Waals surface area (Å²) < 4.78 is 121. The van der Waals surface area contributed by atoms with E-state index in [9.17, 15) is 39.9 Å². The van der Waals surface area contributed by atoms with E-state index in [2.05, 4.69) is 25.9 Å². The average Bonchev–Trinajstić information content (AvgIpc) is 3.03. The van der Waals surface area contributed by atoms with Crippen molar-refractivity contribution in [3.05, 3.63) is 95.1 Å². The molecule has 0 bridgehead atoms. The molecule has 2 aromatic carbocycles. The number of halogens is 8. The van der Waals surface area contributed by atoms with Crippen molar-refractivity contribution >= 4 is 28.8 Å². The lowest BCUT2D eigenvalue weighted by molar-refractivity contribution is -0.137. The first-order chi connectivity index (χ1) is 23.7. The lowest BCUT2D eigenvalue weighted by atomic mass is 10.1. The van der Waals surface area contributed by atoms with E-state index in [4.69, 9.17) is 19.9 Å². The Morgan fingerprint density at radius 3 is 1.51 bits per heavy atom. The summed E-state index contributed by atoms with van der Waals surface area (Å²) in [5.74, 6) is -1.38. The first-order valence-electron chi connectivity index (χ1n) is 14.7. The number of aromatic nitrogens is 2. The normalized spacial score (nSPS) is 11.6. The zero-order chi connectivity index (χ0) is 38.1. The molecule has 0 unspecified atom stereocenters. The molecule has 0 spiro atoms. The van der Waals surface area contributed by atoms with Gasteiger partial charge in [0.25, 0.3) is 0 Å². The standard InChI is InChI=1S/C19H21F4N3O3.C14H13F4N3O/c1-18(2,3)29-17(27)25-10-16-14(20)7-11(9-24-16)26-15-6-5-12(28-4)8-13(15)19(21,22)23;1-22-9-2-3-12(10(5-9)14(16,17)18)21-8-4-11(15)13(6-19)20-7-8/h5-9,26H,10H2,1-4H3,(H,25,27);2-5,7,21H,6,19H2,1H3. The Hall–Kier alpha value is -5.39. The molecule has 10 nitrogen and oxygen atoms in total. The molecule has 0 saturated heterocycles. The van der Waals surface area contributed by atoms with Gasteiger partial charge in [0.05, 0.1) is 78.4 Å². The zero-order valence-corrected chi connectivity index (χ0v) is 27.8. The molecule has 276 valence electrons. The van der Waals surface area contributed by atoms with Gasteiger partial charge in [-0.1, -0.05) is 0 Å². The number of benzene rings is 2. The Morgan fingerprint density at radius 2 is 1.16 bits per heavy atom. The summed E-state index contributed by atoms with van der Waals surface area (Å²) in [6.45, 7) is 4.71. The summed E-state index contributed by atoms with van der Waals surface area (Å²) in [5, 5.41) is 7.37. The molecule has 1 amide bonds. The molecule has 0 radical (unpaired) electrons.